The maximum atomic E-state index is 12.2. The zero-order valence-corrected chi connectivity index (χ0v) is 6.60. The van der Waals surface area contributed by atoms with Crippen molar-refractivity contribution in [3.05, 3.63) is 11.5 Å². The van der Waals surface area contributed by atoms with E-state index in [-0.39, 0.29) is 0 Å². The molecule has 0 spiro atoms. The van der Waals surface area contributed by atoms with Gasteiger partial charge in [0.2, 0.25) is 0 Å². The van der Waals surface area contributed by atoms with Gasteiger partial charge in [0, 0.05) is 6.92 Å². The number of carbonyl (C=O) groups excluding carboxylic acids is 1. The first kappa shape index (κ1) is 8.04. The van der Waals surface area contributed by atoms with Crippen LogP contribution in [-0.2, 0) is 14.3 Å². The van der Waals surface area contributed by atoms with Crippen LogP contribution in [0.15, 0.2) is 11.5 Å². The number of halogens is 1. The first-order chi connectivity index (χ1) is 4.96. The van der Waals surface area contributed by atoms with Crippen LogP contribution in [0, 0.1) is 0 Å². The molecular formula is C7H9FO3. The third-order valence-corrected chi connectivity index (χ3v) is 1.55. The standard InChI is InChI=1S/C7H9FO3/c1-4-5(2)11-7(3,10-4)6(8)9/h1-3H3. The van der Waals surface area contributed by atoms with Crippen LogP contribution in [0.3, 0.4) is 0 Å². The van der Waals surface area contributed by atoms with Crippen LogP contribution in [0.2, 0.25) is 0 Å². The van der Waals surface area contributed by atoms with Crippen LogP contribution < -0.4 is 0 Å². The Kier molecular flexibility index (Phi) is 1.62. The summed E-state index contributed by atoms with van der Waals surface area (Å²) in [4.78, 5) is 10.3. The molecule has 0 aromatic heterocycles. The van der Waals surface area contributed by atoms with E-state index in [1.807, 2.05) is 0 Å². The number of hydrogen-bond donors (Lipinski definition) is 0. The summed E-state index contributed by atoms with van der Waals surface area (Å²) >= 11 is 0. The van der Waals surface area contributed by atoms with Gasteiger partial charge in [-0.3, -0.25) is 4.79 Å². The second kappa shape index (κ2) is 2.22. The van der Waals surface area contributed by atoms with Crippen molar-refractivity contribution in [3.8, 4) is 0 Å². The average Bonchev–Trinajstić information content (AvgIpc) is 2.09. The van der Waals surface area contributed by atoms with Gasteiger partial charge in [-0.05, 0) is 13.8 Å². The Labute approximate surface area is 63.8 Å². The lowest BCUT2D eigenvalue weighted by Gasteiger charge is -2.17. The highest BCUT2D eigenvalue weighted by molar-refractivity contribution is 5.76. The predicted molar refractivity (Wildman–Crippen MR) is 35.1 cm³/mol. The Morgan fingerprint density at radius 2 is 1.73 bits per heavy atom. The van der Waals surface area contributed by atoms with Crippen LogP contribution in [0.4, 0.5) is 4.39 Å². The minimum absolute atomic E-state index is 0.443. The number of rotatable bonds is 1. The van der Waals surface area contributed by atoms with Crippen molar-refractivity contribution < 1.29 is 18.7 Å². The highest BCUT2D eigenvalue weighted by Crippen LogP contribution is 2.30. The highest BCUT2D eigenvalue weighted by Gasteiger charge is 2.43. The maximum Gasteiger partial charge on any atom is 0.385 e. The van der Waals surface area contributed by atoms with Crippen LogP contribution in [0.5, 0.6) is 0 Å². The minimum atomic E-state index is -1.74. The van der Waals surface area contributed by atoms with Crippen molar-refractivity contribution in [2.75, 3.05) is 0 Å². The lowest BCUT2D eigenvalue weighted by Crippen LogP contribution is -2.34. The Morgan fingerprint density at radius 1 is 1.36 bits per heavy atom. The number of allylic oxidation sites excluding steroid dienone is 2. The lowest BCUT2D eigenvalue weighted by atomic mass is 10.3. The molecule has 4 heteroatoms. The number of hydrogen-bond acceptors (Lipinski definition) is 3. The summed E-state index contributed by atoms with van der Waals surface area (Å²) in [5.74, 6) is -0.856. The smallest absolute Gasteiger partial charge is 0.385 e. The molecule has 0 N–H and O–H groups in total. The molecule has 0 saturated carbocycles. The second-order valence-corrected chi connectivity index (χ2v) is 2.54. The molecule has 0 unspecified atom stereocenters. The fourth-order valence-corrected chi connectivity index (χ4v) is 0.829. The van der Waals surface area contributed by atoms with Gasteiger partial charge in [0.1, 0.15) is 11.5 Å². The topological polar surface area (TPSA) is 35.5 Å². The van der Waals surface area contributed by atoms with E-state index in [4.69, 9.17) is 9.47 Å². The largest absolute Gasteiger partial charge is 0.445 e. The van der Waals surface area contributed by atoms with Crippen molar-refractivity contribution in [1.82, 2.24) is 0 Å². The van der Waals surface area contributed by atoms with E-state index < -0.39 is 11.8 Å². The normalized spacial score (nSPS) is 21.1. The third-order valence-electron chi connectivity index (χ3n) is 1.55. The van der Waals surface area contributed by atoms with Gasteiger partial charge in [0.15, 0.2) is 0 Å². The number of ether oxygens (including phenoxy) is 2. The quantitative estimate of drug-likeness (QED) is 0.545. The molecule has 1 aliphatic rings. The van der Waals surface area contributed by atoms with E-state index in [1.165, 1.54) is 6.92 Å². The van der Waals surface area contributed by atoms with Crippen LogP contribution in [-0.4, -0.2) is 11.8 Å². The molecular weight excluding hydrogens is 151 g/mol. The summed E-state index contributed by atoms with van der Waals surface area (Å²) in [7, 11) is 0. The Hall–Kier alpha value is -1.06. The fraction of sp³-hybridized carbons (Fsp3) is 0.571. The Balaban J connectivity index is 2.80. The molecule has 0 fully saturated rings. The van der Waals surface area contributed by atoms with Gasteiger partial charge in [0.05, 0.1) is 0 Å². The van der Waals surface area contributed by atoms with Gasteiger partial charge < -0.3 is 9.47 Å². The van der Waals surface area contributed by atoms with Gasteiger partial charge in [-0.2, -0.15) is 4.39 Å². The van der Waals surface area contributed by atoms with E-state index in [0.717, 1.165) is 0 Å². The molecule has 0 bridgehead atoms. The summed E-state index contributed by atoms with van der Waals surface area (Å²) in [6, 6.07) is -1.62. The van der Waals surface area contributed by atoms with Crippen molar-refractivity contribution >= 4 is 6.04 Å². The molecule has 0 aliphatic carbocycles. The highest BCUT2D eigenvalue weighted by atomic mass is 19.1. The minimum Gasteiger partial charge on any atom is -0.445 e. The molecule has 11 heavy (non-hydrogen) atoms. The first-order valence-electron chi connectivity index (χ1n) is 3.21. The first-order valence-corrected chi connectivity index (χ1v) is 3.21. The predicted octanol–water partition coefficient (Wildman–Crippen LogP) is 1.50. The van der Waals surface area contributed by atoms with Crippen LogP contribution in [0.1, 0.15) is 20.8 Å². The van der Waals surface area contributed by atoms with Gasteiger partial charge >= 0.3 is 11.8 Å². The zero-order chi connectivity index (χ0) is 8.65. The SMILES string of the molecule is CC1=C(C)OC(C)(C(=O)F)O1. The van der Waals surface area contributed by atoms with Crippen molar-refractivity contribution in [2.24, 2.45) is 0 Å². The maximum absolute atomic E-state index is 12.2. The van der Waals surface area contributed by atoms with E-state index >= 15 is 0 Å². The van der Waals surface area contributed by atoms with E-state index in [9.17, 15) is 9.18 Å². The average molecular weight is 160 g/mol. The van der Waals surface area contributed by atoms with E-state index in [1.54, 1.807) is 13.8 Å². The van der Waals surface area contributed by atoms with Crippen molar-refractivity contribution in [2.45, 2.75) is 26.6 Å². The third kappa shape index (κ3) is 1.20. The molecule has 1 rings (SSSR count). The van der Waals surface area contributed by atoms with Gasteiger partial charge in [-0.15, -0.1) is 0 Å². The summed E-state index contributed by atoms with van der Waals surface area (Å²) in [6.45, 7) is 4.47. The van der Waals surface area contributed by atoms with Crippen molar-refractivity contribution in [1.29, 1.82) is 0 Å². The molecule has 1 heterocycles. The Morgan fingerprint density at radius 3 is 1.91 bits per heavy atom. The monoisotopic (exact) mass is 160 g/mol. The lowest BCUT2D eigenvalue weighted by molar-refractivity contribution is -0.184. The molecule has 0 aromatic rings. The van der Waals surface area contributed by atoms with Crippen LogP contribution >= 0.6 is 0 Å². The molecule has 0 atom stereocenters. The Bertz CT molecular complexity index is 218. The van der Waals surface area contributed by atoms with Gasteiger partial charge in [-0.1, -0.05) is 0 Å². The molecule has 0 radical (unpaired) electrons. The summed E-state index contributed by atoms with van der Waals surface area (Å²) < 4.78 is 21.9. The molecule has 1 aliphatic heterocycles. The molecule has 0 aromatic carbocycles. The van der Waals surface area contributed by atoms with Crippen molar-refractivity contribution in [3.63, 3.8) is 0 Å². The van der Waals surface area contributed by atoms with Crippen LogP contribution in [0.25, 0.3) is 0 Å². The summed E-state index contributed by atoms with van der Waals surface area (Å²) in [5.41, 5.74) is 0. The fourth-order valence-electron chi connectivity index (χ4n) is 0.829. The second-order valence-electron chi connectivity index (χ2n) is 2.54. The van der Waals surface area contributed by atoms with Gasteiger partial charge in [0.25, 0.3) is 0 Å². The molecule has 0 amide bonds. The molecule has 0 saturated heterocycles. The summed E-state index contributed by atoms with van der Waals surface area (Å²) in [5, 5.41) is 0. The number of carbonyl (C=O) groups is 1. The molecule has 3 nitrogen and oxygen atoms in total. The van der Waals surface area contributed by atoms with E-state index in [0.29, 0.717) is 11.5 Å². The zero-order valence-electron chi connectivity index (χ0n) is 6.60. The van der Waals surface area contributed by atoms with E-state index in [2.05, 4.69) is 0 Å². The van der Waals surface area contributed by atoms with Gasteiger partial charge in [-0.25, -0.2) is 0 Å². The summed E-state index contributed by atoms with van der Waals surface area (Å²) in [6.07, 6.45) is 0. The molecule has 62 valence electrons.